The number of amides is 1. The van der Waals surface area contributed by atoms with Gasteiger partial charge in [-0.2, -0.15) is 12.6 Å². The van der Waals surface area contributed by atoms with Crippen molar-refractivity contribution in [3.8, 4) is 0 Å². The number of hydrogen-bond acceptors (Lipinski definition) is 2. The van der Waals surface area contributed by atoms with Gasteiger partial charge >= 0.3 is 0 Å². The first-order valence-electron chi connectivity index (χ1n) is 4.42. The monoisotopic (exact) mass is 189 g/mol. The molecule has 0 saturated heterocycles. The Morgan fingerprint density at radius 3 is 2.33 bits per heavy atom. The summed E-state index contributed by atoms with van der Waals surface area (Å²) in [5, 5.41) is -0.181. The SMILES string of the molecule is CCC(C)CN(C)C(=O)C(C)S. The van der Waals surface area contributed by atoms with Crippen LogP contribution in [0.2, 0.25) is 0 Å². The molecule has 72 valence electrons. The van der Waals surface area contributed by atoms with Crippen molar-refractivity contribution in [2.24, 2.45) is 5.92 Å². The van der Waals surface area contributed by atoms with Gasteiger partial charge in [-0.1, -0.05) is 20.3 Å². The van der Waals surface area contributed by atoms with Gasteiger partial charge in [-0.25, -0.2) is 0 Å². The van der Waals surface area contributed by atoms with Crippen LogP contribution in [-0.2, 0) is 4.79 Å². The highest BCUT2D eigenvalue weighted by Crippen LogP contribution is 2.05. The molecule has 1 amide bonds. The van der Waals surface area contributed by atoms with Crippen LogP contribution in [0.5, 0.6) is 0 Å². The largest absolute Gasteiger partial charge is 0.345 e. The van der Waals surface area contributed by atoms with Gasteiger partial charge in [0.25, 0.3) is 0 Å². The summed E-state index contributed by atoms with van der Waals surface area (Å²) in [5.74, 6) is 0.685. The normalized spacial score (nSPS) is 15.4. The molecule has 2 nitrogen and oxygen atoms in total. The second-order valence-electron chi connectivity index (χ2n) is 3.41. The molecule has 0 spiro atoms. The molecule has 12 heavy (non-hydrogen) atoms. The number of nitrogens with zero attached hydrogens (tertiary/aromatic N) is 1. The maximum absolute atomic E-state index is 11.3. The minimum atomic E-state index is -0.181. The summed E-state index contributed by atoms with van der Waals surface area (Å²) in [5.41, 5.74) is 0. The number of thiol groups is 1. The van der Waals surface area contributed by atoms with Gasteiger partial charge in [-0.3, -0.25) is 4.79 Å². The molecule has 0 radical (unpaired) electrons. The Balaban J connectivity index is 3.86. The molecule has 0 aliphatic rings. The van der Waals surface area contributed by atoms with E-state index in [1.54, 1.807) is 11.8 Å². The average molecular weight is 189 g/mol. The molecule has 0 N–H and O–H groups in total. The van der Waals surface area contributed by atoms with Crippen molar-refractivity contribution in [1.29, 1.82) is 0 Å². The number of hydrogen-bond donors (Lipinski definition) is 1. The summed E-state index contributed by atoms with van der Waals surface area (Å²) in [4.78, 5) is 13.1. The van der Waals surface area contributed by atoms with Crippen LogP contribution in [0, 0.1) is 5.92 Å². The Morgan fingerprint density at radius 1 is 1.50 bits per heavy atom. The van der Waals surface area contributed by atoms with Crippen LogP contribution in [0.15, 0.2) is 0 Å². The molecule has 2 unspecified atom stereocenters. The molecule has 0 fully saturated rings. The van der Waals surface area contributed by atoms with Crippen molar-refractivity contribution in [3.05, 3.63) is 0 Å². The summed E-state index contributed by atoms with van der Waals surface area (Å²) in [6, 6.07) is 0. The molecule has 0 aliphatic heterocycles. The summed E-state index contributed by atoms with van der Waals surface area (Å²) in [7, 11) is 1.83. The van der Waals surface area contributed by atoms with E-state index in [1.165, 1.54) is 0 Å². The summed E-state index contributed by atoms with van der Waals surface area (Å²) in [6.07, 6.45) is 1.11. The van der Waals surface area contributed by atoms with E-state index in [0.29, 0.717) is 5.92 Å². The minimum Gasteiger partial charge on any atom is -0.345 e. The molecule has 0 heterocycles. The van der Waals surface area contributed by atoms with E-state index >= 15 is 0 Å². The van der Waals surface area contributed by atoms with Gasteiger partial charge in [0.1, 0.15) is 0 Å². The highest BCUT2D eigenvalue weighted by molar-refractivity contribution is 7.81. The second kappa shape index (κ2) is 5.46. The molecule has 0 bridgehead atoms. The first-order valence-corrected chi connectivity index (χ1v) is 4.93. The zero-order valence-corrected chi connectivity index (χ0v) is 9.27. The van der Waals surface area contributed by atoms with Gasteiger partial charge in [0.2, 0.25) is 5.91 Å². The van der Waals surface area contributed by atoms with Crippen molar-refractivity contribution in [3.63, 3.8) is 0 Å². The van der Waals surface area contributed by atoms with Crippen molar-refractivity contribution >= 4 is 18.5 Å². The van der Waals surface area contributed by atoms with Gasteiger partial charge in [-0.15, -0.1) is 0 Å². The third kappa shape index (κ3) is 4.00. The fourth-order valence-corrected chi connectivity index (χ4v) is 1.20. The van der Waals surface area contributed by atoms with E-state index in [2.05, 4.69) is 26.5 Å². The summed E-state index contributed by atoms with van der Waals surface area (Å²) in [6.45, 7) is 6.92. The highest BCUT2D eigenvalue weighted by atomic mass is 32.1. The lowest BCUT2D eigenvalue weighted by Crippen LogP contribution is -2.35. The topological polar surface area (TPSA) is 20.3 Å². The standard InChI is InChI=1S/C9H19NOS/c1-5-7(2)6-10(4)9(11)8(3)12/h7-8,12H,5-6H2,1-4H3. The van der Waals surface area contributed by atoms with Gasteiger partial charge < -0.3 is 4.90 Å². The predicted molar refractivity (Wildman–Crippen MR) is 55.5 cm³/mol. The van der Waals surface area contributed by atoms with E-state index in [-0.39, 0.29) is 11.2 Å². The van der Waals surface area contributed by atoms with Gasteiger partial charge in [-0.05, 0) is 12.8 Å². The van der Waals surface area contributed by atoms with Crippen molar-refractivity contribution in [2.45, 2.75) is 32.4 Å². The fraction of sp³-hybridized carbons (Fsp3) is 0.889. The number of rotatable bonds is 4. The van der Waals surface area contributed by atoms with Crippen LogP contribution in [-0.4, -0.2) is 29.6 Å². The van der Waals surface area contributed by atoms with E-state index < -0.39 is 0 Å². The van der Waals surface area contributed by atoms with Crippen LogP contribution < -0.4 is 0 Å². The van der Waals surface area contributed by atoms with E-state index in [4.69, 9.17) is 0 Å². The lowest BCUT2D eigenvalue weighted by Gasteiger charge is -2.22. The number of carbonyl (C=O) groups excluding carboxylic acids is 1. The molecule has 0 rings (SSSR count). The minimum absolute atomic E-state index is 0.110. The highest BCUT2D eigenvalue weighted by Gasteiger charge is 2.14. The van der Waals surface area contributed by atoms with Crippen molar-refractivity contribution in [2.75, 3.05) is 13.6 Å². The van der Waals surface area contributed by atoms with E-state index in [0.717, 1.165) is 13.0 Å². The summed E-state index contributed by atoms with van der Waals surface area (Å²) < 4.78 is 0. The molecular weight excluding hydrogens is 170 g/mol. The number of carbonyl (C=O) groups is 1. The Hall–Kier alpha value is -0.180. The Bertz CT molecular complexity index is 147. The van der Waals surface area contributed by atoms with Crippen LogP contribution in [0.1, 0.15) is 27.2 Å². The lowest BCUT2D eigenvalue weighted by atomic mass is 10.1. The lowest BCUT2D eigenvalue weighted by molar-refractivity contribution is -0.129. The quantitative estimate of drug-likeness (QED) is 0.669. The molecular formula is C9H19NOS. The van der Waals surface area contributed by atoms with E-state index in [9.17, 15) is 4.79 Å². The van der Waals surface area contributed by atoms with Crippen molar-refractivity contribution in [1.82, 2.24) is 4.90 Å². The third-order valence-electron chi connectivity index (χ3n) is 2.02. The molecule has 0 saturated carbocycles. The maximum Gasteiger partial charge on any atom is 0.234 e. The predicted octanol–water partition coefficient (Wildman–Crippen LogP) is 1.81. The second-order valence-corrected chi connectivity index (χ2v) is 4.18. The van der Waals surface area contributed by atoms with Gasteiger partial charge in [0.15, 0.2) is 0 Å². The molecule has 0 aliphatic carbocycles. The first kappa shape index (κ1) is 11.8. The summed E-state index contributed by atoms with van der Waals surface area (Å²) >= 11 is 4.09. The Morgan fingerprint density at radius 2 is 2.00 bits per heavy atom. The van der Waals surface area contributed by atoms with Crippen LogP contribution in [0.3, 0.4) is 0 Å². The van der Waals surface area contributed by atoms with Gasteiger partial charge in [0.05, 0.1) is 5.25 Å². The van der Waals surface area contributed by atoms with Crippen LogP contribution in [0.25, 0.3) is 0 Å². The first-order chi connectivity index (χ1) is 5.49. The van der Waals surface area contributed by atoms with Gasteiger partial charge in [0, 0.05) is 13.6 Å². The molecule has 2 atom stereocenters. The van der Waals surface area contributed by atoms with Crippen molar-refractivity contribution < 1.29 is 4.79 Å². The Labute approximate surface area is 80.7 Å². The zero-order valence-electron chi connectivity index (χ0n) is 8.37. The van der Waals surface area contributed by atoms with Crippen LogP contribution in [0.4, 0.5) is 0 Å². The zero-order chi connectivity index (χ0) is 9.72. The smallest absolute Gasteiger partial charge is 0.234 e. The maximum atomic E-state index is 11.3. The Kier molecular flexibility index (Phi) is 5.38. The molecule has 0 aromatic rings. The van der Waals surface area contributed by atoms with E-state index in [1.807, 2.05) is 7.05 Å². The van der Waals surface area contributed by atoms with Crippen LogP contribution >= 0.6 is 12.6 Å². The molecule has 0 aromatic heterocycles. The fourth-order valence-electron chi connectivity index (χ4n) is 1.01. The molecule has 3 heteroatoms. The third-order valence-corrected chi connectivity index (χ3v) is 2.24. The average Bonchev–Trinajstić information content (AvgIpc) is 2.02. The molecule has 0 aromatic carbocycles.